The molecule has 9 heteroatoms. The smallest absolute Gasteiger partial charge is 0.345 e. The summed E-state index contributed by atoms with van der Waals surface area (Å²) in [5.41, 5.74) is -7.25. The second-order valence-electron chi connectivity index (χ2n) is 12.4. The van der Waals surface area contributed by atoms with Gasteiger partial charge in [-0.3, -0.25) is 14.4 Å². The van der Waals surface area contributed by atoms with Crippen molar-refractivity contribution in [3.8, 4) is 0 Å². The molecule has 3 aliphatic rings. The van der Waals surface area contributed by atoms with Crippen LogP contribution in [0.1, 0.15) is 60.8 Å². The fraction of sp³-hybridized carbons (Fsp3) is 0.778. The van der Waals surface area contributed by atoms with E-state index >= 15 is 0 Å². The number of carbonyl (C=O) groups excluding carboxylic acids is 4. The summed E-state index contributed by atoms with van der Waals surface area (Å²) >= 11 is 0. The van der Waals surface area contributed by atoms with E-state index in [-0.39, 0.29) is 6.42 Å². The Balaban J connectivity index is 2.30. The van der Waals surface area contributed by atoms with Gasteiger partial charge in [0.05, 0.1) is 31.7 Å². The van der Waals surface area contributed by atoms with Crippen molar-refractivity contribution in [1.82, 2.24) is 0 Å². The molecule has 3 aliphatic carbocycles. The highest BCUT2D eigenvalue weighted by Crippen LogP contribution is 2.71. The number of fused-ring (bicyclic) bond motifs is 3. The van der Waals surface area contributed by atoms with E-state index in [1.54, 1.807) is 6.92 Å². The Hall–Kier alpha value is -2.10. The first-order valence-corrected chi connectivity index (χ1v) is 12.3. The van der Waals surface area contributed by atoms with E-state index in [4.69, 9.17) is 4.74 Å². The molecule has 0 spiro atoms. The highest BCUT2D eigenvalue weighted by molar-refractivity contribution is 6.11. The number of aliphatic hydroxyl groups excluding tert-OH is 2. The molecule has 0 aromatic rings. The van der Waals surface area contributed by atoms with E-state index in [0.717, 1.165) is 21.1 Å². The Labute approximate surface area is 212 Å². The molecular weight excluding hydrogens is 468 g/mol. The number of hydrogen-bond acceptors (Lipinski definition) is 9. The fourth-order valence-corrected chi connectivity index (χ4v) is 8.23. The topological polar surface area (TPSA) is 147 Å². The number of methoxy groups -OCH3 is 2. The van der Waals surface area contributed by atoms with Crippen molar-refractivity contribution in [1.29, 1.82) is 0 Å². The van der Waals surface area contributed by atoms with Crippen LogP contribution < -0.4 is 0 Å². The van der Waals surface area contributed by atoms with Crippen molar-refractivity contribution in [2.24, 2.45) is 39.4 Å². The summed E-state index contributed by atoms with van der Waals surface area (Å²) in [6.07, 6.45) is -1.36. The molecule has 0 bridgehead atoms. The molecule has 0 radical (unpaired) electrons. The minimum atomic E-state index is -2.62. The standard InChI is InChI=1S/C27H40O9/c1-13-12-14-24(4)11-10-15(28)23(2,3)17(24)16(29)19(30)26(14,6)18(20(31)35-8)25(13,5)21(32)27(7,34)22(33)36-9/h14-15,17-19,28,30,34H,1,10-12H2,2-9H3. The number of hydrogen-bond donors (Lipinski definition) is 3. The van der Waals surface area contributed by atoms with E-state index < -0.39 is 80.7 Å². The number of ketones is 2. The average Bonchev–Trinajstić information content (AvgIpc) is 2.81. The molecular formula is C27H40O9. The molecule has 9 unspecified atom stereocenters. The van der Waals surface area contributed by atoms with Crippen molar-refractivity contribution >= 4 is 23.5 Å². The quantitative estimate of drug-likeness (QED) is 0.293. The van der Waals surface area contributed by atoms with Gasteiger partial charge in [-0.1, -0.05) is 39.8 Å². The van der Waals surface area contributed by atoms with E-state index in [1.807, 2.05) is 20.8 Å². The maximum Gasteiger partial charge on any atom is 0.345 e. The van der Waals surface area contributed by atoms with E-state index in [2.05, 4.69) is 11.3 Å². The lowest BCUT2D eigenvalue weighted by Crippen LogP contribution is -2.73. The van der Waals surface area contributed by atoms with Gasteiger partial charge in [0.15, 0.2) is 11.6 Å². The van der Waals surface area contributed by atoms with Crippen LogP contribution >= 0.6 is 0 Å². The summed E-state index contributed by atoms with van der Waals surface area (Å²) in [6.45, 7) is 13.7. The third-order valence-electron chi connectivity index (χ3n) is 10.2. The summed E-state index contributed by atoms with van der Waals surface area (Å²) in [5.74, 6) is -6.21. The molecule has 3 fully saturated rings. The largest absolute Gasteiger partial charge is 0.469 e. The van der Waals surface area contributed by atoms with Crippen LogP contribution in [0.15, 0.2) is 12.2 Å². The van der Waals surface area contributed by atoms with E-state index in [0.29, 0.717) is 18.4 Å². The van der Waals surface area contributed by atoms with Crippen molar-refractivity contribution in [3.63, 3.8) is 0 Å². The summed E-state index contributed by atoms with van der Waals surface area (Å²) in [7, 11) is 2.17. The zero-order valence-electron chi connectivity index (χ0n) is 22.5. The Morgan fingerprint density at radius 1 is 1.06 bits per heavy atom. The first-order valence-electron chi connectivity index (χ1n) is 12.3. The SMILES string of the molecule is C=C1CC2C3(C)CCC(O)C(C)(C)C3C(=O)C(O)C2(C)C(C(=O)OC)C1(C)C(=O)C(C)(O)C(=O)OC. The molecule has 0 amide bonds. The second-order valence-corrected chi connectivity index (χ2v) is 12.4. The Morgan fingerprint density at radius 2 is 1.61 bits per heavy atom. The summed E-state index contributed by atoms with van der Waals surface area (Å²) < 4.78 is 9.75. The normalized spacial score (nSPS) is 43.5. The minimum Gasteiger partial charge on any atom is -0.469 e. The van der Waals surface area contributed by atoms with Gasteiger partial charge in [-0.15, -0.1) is 0 Å². The van der Waals surface area contributed by atoms with E-state index in [9.17, 15) is 34.5 Å². The predicted octanol–water partition coefficient (Wildman–Crippen LogP) is 1.60. The highest BCUT2D eigenvalue weighted by atomic mass is 16.5. The lowest BCUT2D eigenvalue weighted by atomic mass is 9.34. The van der Waals surface area contributed by atoms with E-state index in [1.165, 1.54) is 6.92 Å². The van der Waals surface area contributed by atoms with Crippen molar-refractivity contribution < 1.29 is 44.0 Å². The summed E-state index contributed by atoms with van der Waals surface area (Å²) in [5, 5.41) is 33.3. The molecule has 202 valence electrons. The number of carbonyl (C=O) groups is 4. The average molecular weight is 509 g/mol. The van der Waals surface area contributed by atoms with Gasteiger partial charge in [0.25, 0.3) is 0 Å². The number of aliphatic hydroxyl groups is 3. The van der Waals surface area contributed by atoms with Gasteiger partial charge in [0.1, 0.15) is 6.10 Å². The van der Waals surface area contributed by atoms with Crippen LogP contribution in [0.4, 0.5) is 0 Å². The van der Waals surface area contributed by atoms with Crippen molar-refractivity contribution in [2.45, 2.75) is 78.6 Å². The van der Waals surface area contributed by atoms with Gasteiger partial charge in [-0.2, -0.15) is 0 Å². The zero-order valence-corrected chi connectivity index (χ0v) is 22.5. The molecule has 9 nitrogen and oxygen atoms in total. The summed E-state index contributed by atoms with van der Waals surface area (Å²) in [6, 6.07) is 0. The third kappa shape index (κ3) is 3.31. The second kappa shape index (κ2) is 8.46. The lowest BCUT2D eigenvalue weighted by Gasteiger charge is -2.68. The Bertz CT molecular complexity index is 1010. The third-order valence-corrected chi connectivity index (χ3v) is 10.2. The van der Waals surface area contributed by atoms with Crippen LogP contribution in [0.25, 0.3) is 0 Å². The zero-order chi connectivity index (χ0) is 27.8. The van der Waals surface area contributed by atoms with Gasteiger partial charge >= 0.3 is 11.9 Å². The monoisotopic (exact) mass is 508 g/mol. The van der Waals surface area contributed by atoms with Crippen LogP contribution in [-0.4, -0.2) is 70.9 Å². The number of rotatable bonds is 4. The highest BCUT2D eigenvalue weighted by Gasteiger charge is 2.75. The maximum atomic E-state index is 13.9. The first-order chi connectivity index (χ1) is 16.3. The van der Waals surface area contributed by atoms with Crippen LogP contribution in [0.5, 0.6) is 0 Å². The van der Waals surface area contributed by atoms with Crippen LogP contribution in [0.2, 0.25) is 0 Å². The van der Waals surface area contributed by atoms with Gasteiger partial charge < -0.3 is 24.8 Å². The lowest BCUT2D eigenvalue weighted by molar-refractivity contribution is -0.232. The molecule has 0 aliphatic heterocycles. The molecule has 0 aromatic heterocycles. The Morgan fingerprint density at radius 3 is 2.11 bits per heavy atom. The predicted molar refractivity (Wildman–Crippen MR) is 128 cm³/mol. The maximum absolute atomic E-state index is 13.9. The minimum absolute atomic E-state index is 0.160. The summed E-state index contributed by atoms with van der Waals surface area (Å²) in [4.78, 5) is 53.6. The molecule has 3 saturated carbocycles. The van der Waals surface area contributed by atoms with Gasteiger partial charge in [-0.05, 0) is 44.4 Å². The number of ether oxygens (including phenoxy) is 2. The van der Waals surface area contributed by atoms with Crippen molar-refractivity contribution in [3.05, 3.63) is 12.2 Å². The fourth-order valence-electron chi connectivity index (χ4n) is 8.23. The first kappa shape index (κ1) is 28.5. The van der Waals surface area contributed by atoms with Crippen LogP contribution in [0.3, 0.4) is 0 Å². The molecule has 3 N–H and O–H groups in total. The molecule has 0 saturated heterocycles. The number of allylic oxidation sites excluding steroid dienone is 1. The molecule has 36 heavy (non-hydrogen) atoms. The number of esters is 2. The molecule has 3 rings (SSSR count). The molecule has 9 atom stereocenters. The van der Waals surface area contributed by atoms with Crippen LogP contribution in [0, 0.1) is 39.4 Å². The van der Waals surface area contributed by atoms with Gasteiger partial charge in [-0.25, -0.2) is 4.79 Å². The van der Waals surface area contributed by atoms with Gasteiger partial charge in [0, 0.05) is 16.7 Å². The Kier molecular flexibility index (Phi) is 6.69. The molecule has 0 aromatic carbocycles. The molecule has 0 heterocycles. The van der Waals surface area contributed by atoms with Gasteiger partial charge in [0.2, 0.25) is 5.60 Å². The number of Topliss-reactive ketones (excluding diaryl/α,β-unsaturated/α-hetero) is 2. The van der Waals surface area contributed by atoms with Crippen molar-refractivity contribution in [2.75, 3.05) is 14.2 Å². The van der Waals surface area contributed by atoms with Crippen LogP contribution in [-0.2, 0) is 28.7 Å².